The number of rotatable bonds is 1. The van der Waals surface area contributed by atoms with Crippen molar-refractivity contribution in [1.82, 2.24) is 0 Å². The van der Waals surface area contributed by atoms with E-state index in [0.717, 1.165) is 11.1 Å². The maximum absolute atomic E-state index is 12.7. The van der Waals surface area contributed by atoms with Crippen molar-refractivity contribution in [3.63, 3.8) is 0 Å². The van der Waals surface area contributed by atoms with Crippen LogP contribution in [0.1, 0.15) is 28.4 Å². The fourth-order valence-corrected chi connectivity index (χ4v) is 3.11. The first-order valence-electron chi connectivity index (χ1n) is 6.03. The lowest BCUT2D eigenvalue weighted by Crippen LogP contribution is -2.29. The molecule has 0 N–H and O–H groups in total. The van der Waals surface area contributed by atoms with Crippen molar-refractivity contribution in [1.29, 1.82) is 0 Å². The molecule has 0 saturated carbocycles. The number of hydrogen-bond acceptors (Lipinski definition) is 1. The number of carbonyl (C=O) groups is 1. The number of carbonyl (C=O) groups excluding carboxylic acids is 1. The molecule has 0 aromatic heterocycles. The number of benzene rings is 2. The summed E-state index contributed by atoms with van der Waals surface area (Å²) in [5, 5.41) is 0.634. The predicted molar refractivity (Wildman–Crippen MR) is 77.1 cm³/mol. The zero-order valence-electron chi connectivity index (χ0n) is 10.3. The smallest absolute Gasteiger partial charge is 0.175 e. The Balaban J connectivity index is 2.16. The lowest BCUT2D eigenvalue weighted by molar-refractivity contribution is 0.0915. The number of fused-ring (bicyclic) bond motifs is 1. The van der Waals surface area contributed by atoms with Crippen LogP contribution in [0.15, 0.2) is 36.4 Å². The van der Waals surface area contributed by atoms with E-state index in [0.29, 0.717) is 22.0 Å². The summed E-state index contributed by atoms with van der Waals surface area (Å²) in [6.45, 7) is 1.95. The first-order chi connectivity index (χ1) is 9.04. The Morgan fingerprint density at radius 1 is 1.21 bits per heavy atom. The van der Waals surface area contributed by atoms with E-state index < -0.39 is 5.41 Å². The van der Waals surface area contributed by atoms with Gasteiger partial charge in [-0.1, -0.05) is 53.5 Å². The molecule has 1 nitrogen and oxygen atoms in total. The maximum Gasteiger partial charge on any atom is 0.175 e. The normalized spacial score (nSPS) is 21.5. The van der Waals surface area contributed by atoms with Gasteiger partial charge < -0.3 is 0 Å². The molecule has 0 aliphatic heterocycles. The zero-order valence-corrected chi connectivity index (χ0v) is 11.8. The standard InChI is InChI=1S/C16H11Cl2O/c1-16(11-5-3-2-4-6-11)9-10-7-8-12(17)14(18)13(10)15(16)19/h2-7H,9H2,1H3. The molecule has 2 aromatic carbocycles. The third kappa shape index (κ3) is 1.80. The van der Waals surface area contributed by atoms with Gasteiger partial charge in [-0.25, -0.2) is 0 Å². The Labute approximate surface area is 122 Å². The van der Waals surface area contributed by atoms with Crippen molar-refractivity contribution in [2.75, 3.05) is 0 Å². The van der Waals surface area contributed by atoms with E-state index in [1.165, 1.54) is 0 Å². The first kappa shape index (κ1) is 12.7. The molecule has 95 valence electrons. The quantitative estimate of drug-likeness (QED) is 0.756. The third-order valence-electron chi connectivity index (χ3n) is 3.79. The third-order valence-corrected chi connectivity index (χ3v) is 4.56. The van der Waals surface area contributed by atoms with Crippen LogP contribution in [0.4, 0.5) is 0 Å². The van der Waals surface area contributed by atoms with Gasteiger partial charge in [-0.3, -0.25) is 4.79 Å². The summed E-state index contributed by atoms with van der Waals surface area (Å²) in [5.74, 6) is 0.0367. The van der Waals surface area contributed by atoms with Gasteiger partial charge in [-0.05, 0) is 30.5 Å². The second-order valence-corrected chi connectivity index (χ2v) is 5.78. The van der Waals surface area contributed by atoms with Crippen molar-refractivity contribution < 1.29 is 4.79 Å². The summed E-state index contributed by atoms with van der Waals surface area (Å²) >= 11 is 12.1. The topological polar surface area (TPSA) is 17.1 Å². The van der Waals surface area contributed by atoms with Crippen LogP contribution >= 0.6 is 23.2 Å². The van der Waals surface area contributed by atoms with Gasteiger partial charge in [0, 0.05) is 11.6 Å². The van der Waals surface area contributed by atoms with Crippen LogP contribution in [0.3, 0.4) is 0 Å². The monoisotopic (exact) mass is 289 g/mol. The van der Waals surface area contributed by atoms with Crippen LogP contribution in [0.2, 0.25) is 10.0 Å². The molecule has 0 heterocycles. The molecule has 1 aliphatic carbocycles. The molecule has 1 unspecified atom stereocenters. The Hall–Kier alpha value is -1.31. The lowest BCUT2D eigenvalue weighted by Gasteiger charge is -2.22. The highest BCUT2D eigenvalue weighted by molar-refractivity contribution is 6.44. The van der Waals surface area contributed by atoms with Crippen LogP contribution in [0.5, 0.6) is 0 Å². The van der Waals surface area contributed by atoms with Gasteiger partial charge >= 0.3 is 0 Å². The molecule has 0 spiro atoms. The van der Waals surface area contributed by atoms with E-state index in [1.54, 1.807) is 6.07 Å². The van der Waals surface area contributed by atoms with Crippen molar-refractivity contribution in [2.24, 2.45) is 0 Å². The number of halogens is 2. The Kier molecular flexibility index (Phi) is 2.92. The Bertz CT molecular complexity index is 664. The SMILES string of the molecule is CC1(c2ccccc2)Cc2c[c]c(Cl)c(Cl)c2C1=O. The van der Waals surface area contributed by atoms with Crippen LogP contribution < -0.4 is 0 Å². The largest absolute Gasteiger partial charge is 0.293 e. The Morgan fingerprint density at radius 2 is 1.89 bits per heavy atom. The van der Waals surface area contributed by atoms with Crippen LogP contribution in [-0.2, 0) is 11.8 Å². The predicted octanol–water partition coefficient (Wildman–Crippen LogP) is 4.49. The zero-order chi connectivity index (χ0) is 13.6. The van der Waals surface area contributed by atoms with Crippen molar-refractivity contribution in [2.45, 2.75) is 18.8 Å². The molecule has 0 amide bonds. The van der Waals surface area contributed by atoms with Crippen LogP contribution in [0.25, 0.3) is 0 Å². The van der Waals surface area contributed by atoms with E-state index in [1.807, 2.05) is 37.3 Å². The van der Waals surface area contributed by atoms with Crippen LogP contribution in [0, 0.1) is 6.07 Å². The van der Waals surface area contributed by atoms with Gasteiger partial charge in [0.1, 0.15) is 0 Å². The minimum atomic E-state index is -0.564. The summed E-state index contributed by atoms with van der Waals surface area (Å²) in [4.78, 5) is 12.7. The summed E-state index contributed by atoms with van der Waals surface area (Å²) in [6.07, 6.45) is 0.637. The summed E-state index contributed by atoms with van der Waals surface area (Å²) in [5.41, 5.74) is 1.91. The molecule has 1 aliphatic rings. The second-order valence-electron chi connectivity index (χ2n) is 5.02. The average Bonchev–Trinajstić information content (AvgIpc) is 2.69. The first-order valence-corrected chi connectivity index (χ1v) is 6.78. The maximum atomic E-state index is 12.7. The van der Waals surface area contributed by atoms with E-state index in [2.05, 4.69) is 6.07 Å². The fourth-order valence-electron chi connectivity index (χ4n) is 2.70. The van der Waals surface area contributed by atoms with Crippen molar-refractivity contribution in [3.05, 3.63) is 69.2 Å². The fraction of sp³-hybridized carbons (Fsp3) is 0.188. The number of ketones is 1. The van der Waals surface area contributed by atoms with Gasteiger partial charge in [-0.2, -0.15) is 0 Å². The molecular weight excluding hydrogens is 279 g/mol. The highest BCUT2D eigenvalue weighted by Crippen LogP contribution is 2.43. The highest BCUT2D eigenvalue weighted by atomic mass is 35.5. The molecule has 3 rings (SSSR count). The van der Waals surface area contributed by atoms with E-state index in [9.17, 15) is 4.79 Å². The number of Topliss-reactive ketones (excluding diaryl/α,β-unsaturated/α-hetero) is 1. The van der Waals surface area contributed by atoms with Crippen molar-refractivity contribution >= 4 is 29.0 Å². The molecule has 19 heavy (non-hydrogen) atoms. The van der Waals surface area contributed by atoms with Crippen molar-refractivity contribution in [3.8, 4) is 0 Å². The van der Waals surface area contributed by atoms with E-state index in [4.69, 9.17) is 23.2 Å². The molecule has 0 fully saturated rings. The molecule has 1 atom stereocenters. The van der Waals surface area contributed by atoms with Gasteiger partial charge in [0.25, 0.3) is 0 Å². The molecule has 0 bridgehead atoms. The molecule has 3 heteroatoms. The molecular formula is C16H11Cl2O. The summed E-state index contributed by atoms with van der Waals surface area (Å²) in [6, 6.07) is 14.4. The highest BCUT2D eigenvalue weighted by Gasteiger charge is 2.44. The van der Waals surface area contributed by atoms with Gasteiger partial charge in [0.15, 0.2) is 5.78 Å². The lowest BCUT2D eigenvalue weighted by atomic mass is 9.79. The van der Waals surface area contributed by atoms with Crippen LogP contribution in [-0.4, -0.2) is 5.78 Å². The minimum absolute atomic E-state index is 0.0367. The Morgan fingerprint density at radius 3 is 2.58 bits per heavy atom. The van der Waals surface area contributed by atoms with Gasteiger partial charge in [0.2, 0.25) is 0 Å². The van der Waals surface area contributed by atoms with Gasteiger partial charge in [0.05, 0.1) is 15.5 Å². The van der Waals surface area contributed by atoms with E-state index >= 15 is 0 Å². The second kappa shape index (κ2) is 4.36. The minimum Gasteiger partial charge on any atom is -0.293 e. The number of hydrogen-bond donors (Lipinski definition) is 0. The molecule has 0 saturated heterocycles. The summed E-state index contributed by atoms with van der Waals surface area (Å²) < 4.78 is 0. The van der Waals surface area contributed by atoms with E-state index in [-0.39, 0.29) is 5.78 Å². The summed E-state index contributed by atoms with van der Waals surface area (Å²) in [7, 11) is 0. The molecule has 2 aromatic rings. The average molecular weight is 290 g/mol. The molecule has 1 radical (unpaired) electrons. The van der Waals surface area contributed by atoms with Gasteiger partial charge in [-0.15, -0.1) is 0 Å².